The summed E-state index contributed by atoms with van der Waals surface area (Å²) < 4.78 is 5.12. The van der Waals surface area contributed by atoms with Gasteiger partial charge >= 0.3 is 0 Å². The van der Waals surface area contributed by atoms with Crippen LogP contribution >= 0.6 is 0 Å². The van der Waals surface area contributed by atoms with Crippen LogP contribution < -0.4 is 10.1 Å². The molecule has 0 radical (unpaired) electrons. The number of rotatable bonds is 7. The van der Waals surface area contributed by atoms with Crippen LogP contribution in [-0.4, -0.2) is 68.4 Å². The van der Waals surface area contributed by atoms with Gasteiger partial charge in [-0.3, -0.25) is 14.5 Å². The molecule has 0 aromatic heterocycles. The highest BCUT2D eigenvalue weighted by atomic mass is 16.5. The number of hydrogen-bond donors (Lipinski definition) is 1. The van der Waals surface area contributed by atoms with E-state index >= 15 is 0 Å². The van der Waals surface area contributed by atoms with E-state index in [0.717, 1.165) is 37.5 Å². The van der Waals surface area contributed by atoms with Crippen LogP contribution in [0.15, 0.2) is 48.5 Å². The number of anilines is 1. The average molecular weight is 381 g/mol. The van der Waals surface area contributed by atoms with Crippen LogP contribution in [0.25, 0.3) is 0 Å². The number of amides is 1. The fourth-order valence-corrected chi connectivity index (χ4v) is 3.17. The molecule has 1 heterocycles. The van der Waals surface area contributed by atoms with Crippen molar-refractivity contribution in [3.63, 3.8) is 0 Å². The zero-order chi connectivity index (χ0) is 19.9. The minimum Gasteiger partial charge on any atom is -0.497 e. The van der Waals surface area contributed by atoms with E-state index in [2.05, 4.69) is 22.2 Å². The topological polar surface area (TPSA) is 61.9 Å². The Morgan fingerprint density at radius 1 is 0.964 bits per heavy atom. The summed E-state index contributed by atoms with van der Waals surface area (Å²) in [5, 5.41) is 2.87. The molecule has 28 heavy (non-hydrogen) atoms. The molecule has 0 unspecified atom stereocenters. The summed E-state index contributed by atoms with van der Waals surface area (Å²) >= 11 is 0. The third-order valence-corrected chi connectivity index (χ3v) is 4.98. The Bertz CT molecular complexity index is 795. The second-order valence-corrected chi connectivity index (χ2v) is 7.15. The molecular formula is C22H27N3O3. The lowest BCUT2D eigenvalue weighted by molar-refractivity contribution is -0.115. The summed E-state index contributed by atoms with van der Waals surface area (Å²) in [7, 11) is 3.71. The number of likely N-dealkylation sites (N-methyl/N-ethyl adjacent to an activating group) is 1. The van der Waals surface area contributed by atoms with Crippen LogP contribution in [0.5, 0.6) is 5.75 Å². The third kappa shape index (κ3) is 5.65. The number of nitrogens with one attached hydrogen (secondary N) is 1. The van der Waals surface area contributed by atoms with E-state index in [4.69, 9.17) is 4.74 Å². The molecular weight excluding hydrogens is 354 g/mol. The fourth-order valence-electron chi connectivity index (χ4n) is 3.17. The van der Waals surface area contributed by atoms with Gasteiger partial charge in [-0.25, -0.2) is 0 Å². The number of carbonyl (C=O) groups is 2. The van der Waals surface area contributed by atoms with E-state index in [1.807, 2.05) is 24.3 Å². The van der Waals surface area contributed by atoms with E-state index in [0.29, 0.717) is 17.8 Å². The molecule has 0 atom stereocenters. The predicted molar refractivity (Wildman–Crippen MR) is 110 cm³/mol. The Kier molecular flexibility index (Phi) is 6.79. The van der Waals surface area contributed by atoms with Crippen LogP contribution in [0.3, 0.4) is 0 Å². The second kappa shape index (κ2) is 9.48. The highest BCUT2D eigenvalue weighted by Gasteiger charge is 2.17. The first kappa shape index (κ1) is 20.0. The number of hydrogen-bond acceptors (Lipinski definition) is 5. The highest BCUT2D eigenvalue weighted by Crippen LogP contribution is 2.14. The molecule has 148 valence electrons. The summed E-state index contributed by atoms with van der Waals surface area (Å²) in [6.07, 6.45) is 0.286. The van der Waals surface area contributed by atoms with Gasteiger partial charge in [0.2, 0.25) is 5.91 Å². The van der Waals surface area contributed by atoms with E-state index < -0.39 is 0 Å². The van der Waals surface area contributed by atoms with Crippen molar-refractivity contribution in [1.29, 1.82) is 0 Å². The van der Waals surface area contributed by atoms with Crippen LogP contribution in [-0.2, 0) is 11.2 Å². The van der Waals surface area contributed by atoms with Gasteiger partial charge in [0.25, 0.3) is 0 Å². The van der Waals surface area contributed by atoms with Crippen LogP contribution in [0.4, 0.5) is 5.69 Å². The Balaban J connectivity index is 1.50. The molecule has 1 saturated heterocycles. The zero-order valence-corrected chi connectivity index (χ0v) is 16.5. The van der Waals surface area contributed by atoms with Crippen LogP contribution in [0.1, 0.15) is 15.9 Å². The van der Waals surface area contributed by atoms with Gasteiger partial charge in [0.15, 0.2) is 5.78 Å². The normalized spacial score (nSPS) is 15.2. The maximum absolute atomic E-state index is 12.5. The summed E-state index contributed by atoms with van der Waals surface area (Å²) in [6.45, 7) is 4.26. The molecule has 1 N–H and O–H groups in total. The Hall–Kier alpha value is -2.70. The number of carbonyl (C=O) groups excluding carboxylic acids is 2. The SMILES string of the molecule is COc1ccc(CC(=O)Nc2ccc(C(=O)CN3CCN(C)CC3)cc2)cc1. The maximum atomic E-state index is 12.5. The minimum absolute atomic E-state index is 0.0957. The number of methoxy groups -OCH3 is 1. The van der Waals surface area contributed by atoms with E-state index in [-0.39, 0.29) is 18.1 Å². The summed E-state index contributed by atoms with van der Waals surface area (Å²) in [5.41, 5.74) is 2.28. The maximum Gasteiger partial charge on any atom is 0.228 e. The van der Waals surface area contributed by atoms with Crippen molar-refractivity contribution >= 4 is 17.4 Å². The Morgan fingerprint density at radius 2 is 1.61 bits per heavy atom. The second-order valence-electron chi connectivity index (χ2n) is 7.15. The molecule has 6 heteroatoms. The lowest BCUT2D eigenvalue weighted by Gasteiger charge is -2.31. The monoisotopic (exact) mass is 381 g/mol. The molecule has 0 spiro atoms. The lowest BCUT2D eigenvalue weighted by Crippen LogP contribution is -2.46. The van der Waals surface area contributed by atoms with Crippen LogP contribution in [0, 0.1) is 0 Å². The molecule has 3 rings (SSSR count). The Labute approximate surface area is 166 Å². The summed E-state index contributed by atoms with van der Waals surface area (Å²) in [4.78, 5) is 29.1. The zero-order valence-electron chi connectivity index (χ0n) is 16.5. The van der Waals surface area contributed by atoms with E-state index in [1.165, 1.54) is 0 Å². The molecule has 0 saturated carbocycles. The lowest BCUT2D eigenvalue weighted by atomic mass is 10.1. The molecule has 0 aliphatic carbocycles. The summed E-state index contributed by atoms with van der Waals surface area (Å²) in [6, 6.07) is 14.5. The molecule has 1 aliphatic rings. The van der Waals surface area contributed by atoms with Gasteiger partial charge in [-0.15, -0.1) is 0 Å². The van der Waals surface area contributed by atoms with Gasteiger partial charge in [-0.2, -0.15) is 0 Å². The van der Waals surface area contributed by atoms with Gasteiger partial charge in [0.05, 0.1) is 20.1 Å². The van der Waals surface area contributed by atoms with Crippen LogP contribution in [0.2, 0.25) is 0 Å². The van der Waals surface area contributed by atoms with Crippen molar-refractivity contribution in [2.75, 3.05) is 52.2 Å². The summed E-state index contributed by atoms with van der Waals surface area (Å²) in [5.74, 6) is 0.781. The highest BCUT2D eigenvalue weighted by molar-refractivity contribution is 5.98. The molecule has 2 aromatic rings. The van der Waals surface area contributed by atoms with E-state index in [9.17, 15) is 9.59 Å². The van der Waals surface area contributed by atoms with E-state index in [1.54, 1.807) is 31.4 Å². The molecule has 6 nitrogen and oxygen atoms in total. The first-order valence-corrected chi connectivity index (χ1v) is 9.50. The number of piperazine rings is 1. The first-order chi connectivity index (χ1) is 13.5. The van der Waals surface area contributed by atoms with Gasteiger partial charge < -0.3 is 15.0 Å². The van der Waals surface area contributed by atoms with Gasteiger partial charge in [-0.05, 0) is 49.0 Å². The van der Waals surface area contributed by atoms with Gasteiger partial charge in [-0.1, -0.05) is 12.1 Å². The number of benzene rings is 2. The smallest absolute Gasteiger partial charge is 0.228 e. The third-order valence-electron chi connectivity index (χ3n) is 4.98. The molecule has 1 aliphatic heterocycles. The average Bonchev–Trinajstić information content (AvgIpc) is 2.71. The van der Waals surface area contributed by atoms with Crippen molar-refractivity contribution in [1.82, 2.24) is 9.80 Å². The van der Waals surface area contributed by atoms with Gasteiger partial charge in [0, 0.05) is 37.4 Å². The number of Topliss-reactive ketones (excluding diaryl/α,β-unsaturated/α-hetero) is 1. The van der Waals surface area contributed by atoms with Crippen molar-refractivity contribution in [3.8, 4) is 5.75 Å². The fraction of sp³-hybridized carbons (Fsp3) is 0.364. The first-order valence-electron chi connectivity index (χ1n) is 9.50. The molecule has 1 amide bonds. The standard InChI is InChI=1S/C22H27N3O3/c1-24-11-13-25(14-12-24)16-21(26)18-5-7-19(8-6-18)23-22(27)15-17-3-9-20(28-2)10-4-17/h3-10H,11-16H2,1-2H3,(H,23,27). The van der Waals surface area contributed by atoms with Crippen molar-refractivity contribution in [2.24, 2.45) is 0 Å². The number of ketones is 1. The van der Waals surface area contributed by atoms with Crippen molar-refractivity contribution < 1.29 is 14.3 Å². The minimum atomic E-state index is -0.0957. The molecule has 2 aromatic carbocycles. The quantitative estimate of drug-likeness (QED) is 0.746. The Morgan fingerprint density at radius 3 is 2.21 bits per heavy atom. The van der Waals surface area contributed by atoms with Crippen molar-refractivity contribution in [2.45, 2.75) is 6.42 Å². The van der Waals surface area contributed by atoms with Crippen molar-refractivity contribution in [3.05, 3.63) is 59.7 Å². The van der Waals surface area contributed by atoms with Gasteiger partial charge in [0.1, 0.15) is 5.75 Å². The molecule has 1 fully saturated rings. The number of ether oxygens (including phenoxy) is 1. The largest absolute Gasteiger partial charge is 0.497 e. The molecule has 0 bridgehead atoms. The number of nitrogens with zero attached hydrogens (tertiary/aromatic N) is 2. The predicted octanol–water partition coefficient (Wildman–Crippen LogP) is 2.31.